The fourth-order valence-corrected chi connectivity index (χ4v) is 3.28. The highest BCUT2D eigenvalue weighted by molar-refractivity contribution is 6.14. The highest BCUT2D eigenvalue weighted by atomic mass is 19.4. The van der Waals surface area contributed by atoms with Crippen molar-refractivity contribution in [2.45, 2.75) is 6.18 Å². The SMILES string of the molecule is Cn1c2ccccc2c2c3c(ccc21)C(O)=C(C(=O)C(F)(F)F)CO3. The first kappa shape index (κ1) is 15.6. The van der Waals surface area contributed by atoms with Crippen LogP contribution in [-0.2, 0) is 11.8 Å². The fraction of sp³-hybridized carbons (Fsp3) is 0.167. The number of aliphatic hydroxyl groups excluding tert-OH is 1. The Morgan fingerprint density at radius 1 is 1.16 bits per heavy atom. The van der Waals surface area contributed by atoms with Crippen LogP contribution in [0.15, 0.2) is 42.0 Å². The molecule has 0 atom stereocenters. The normalized spacial score (nSPS) is 14.7. The maximum atomic E-state index is 12.7. The average molecular weight is 347 g/mol. The zero-order valence-corrected chi connectivity index (χ0v) is 13.0. The number of fused-ring (bicyclic) bond motifs is 5. The Kier molecular flexibility index (Phi) is 3.12. The number of aromatic nitrogens is 1. The number of carbonyl (C=O) groups excluding carboxylic acids is 1. The molecule has 1 aliphatic heterocycles. The Balaban J connectivity index is 2.02. The van der Waals surface area contributed by atoms with Crippen LogP contribution in [-0.4, -0.2) is 28.2 Å². The molecule has 2 aromatic carbocycles. The average Bonchev–Trinajstić information content (AvgIpc) is 2.87. The molecule has 0 saturated heterocycles. The van der Waals surface area contributed by atoms with Gasteiger partial charge in [-0.1, -0.05) is 18.2 Å². The Labute approximate surface area is 139 Å². The van der Waals surface area contributed by atoms with E-state index in [-0.39, 0.29) is 11.3 Å². The van der Waals surface area contributed by atoms with E-state index < -0.39 is 29.9 Å². The van der Waals surface area contributed by atoms with E-state index in [1.165, 1.54) is 6.07 Å². The number of alkyl halides is 3. The second kappa shape index (κ2) is 5.02. The molecule has 7 heteroatoms. The van der Waals surface area contributed by atoms with Crippen LogP contribution in [0.25, 0.3) is 27.6 Å². The van der Waals surface area contributed by atoms with Gasteiger partial charge in [-0.3, -0.25) is 4.79 Å². The highest BCUT2D eigenvalue weighted by Gasteiger charge is 2.43. The Bertz CT molecular complexity index is 1080. The lowest BCUT2D eigenvalue weighted by Gasteiger charge is -2.21. The number of hydrogen-bond donors (Lipinski definition) is 1. The number of nitrogens with zero attached hydrogens (tertiary/aromatic N) is 1. The molecule has 1 N–H and O–H groups in total. The Hall–Kier alpha value is -2.96. The summed E-state index contributed by atoms with van der Waals surface area (Å²) in [5, 5.41) is 11.8. The predicted octanol–water partition coefficient (Wildman–Crippen LogP) is 4.12. The monoisotopic (exact) mass is 347 g/mol. The Morgan fingerprint density at radius 2 is 1.88 bits per heavy atom. The van der Waals surface area contributed by atoms with Crippen LogP contribution in [0.4, 0.5) is 13.2 Å². The topological polar surface area (TPSA) is 51.5 Å². The minimum atomic E-state index is -5.06. The molecule has 1 aliphatic rings. The highest BCUT2D eigenvalue weighted by Crippen LogP contribution is 2.43. The molecule has 128 valence electrons. The van der Waals surface area contributed by atoms with Crippen molar-refractivity contribution >= 4 is 33.3 Å². The van der Waals surface area contributed by atoms with E-state index in [2.05, 4.69) is 0 Å². The largest absolute Gasteiger partial charge is 0.507 e. The van der Waals surface area contributed by atoms with Crippen LogP contribution >= 0.6 is 0 Å². The first-order chi connectivity index (χ1) is 11.8. The van der Waals surface area contributed by atoms with Crippen LogP contribution in [0.2, 0.25) is 0 Å². The summed E-state index contributed by atoms with van der Waals surface area (Å²) in [5.74, 6) is -2.49. The maximum absolute atomic E-state index is 12.7. The summed E-state index contributed by atoms with van der Waals surface area (Å²) < 4.78 is 45.5. The van der Waals surface area contributed by atoms with Gasteiger partial charge in [0.2, 0.25) is 0 Å². The number of ether oxygens (including phenoxy) is 1. The van der Waals surface area contributed by atoms with E-state index in [1.54, 1.807) is 6.07 Å². The standard InChI is InChI=1S/C18H12F3NO3/c1-22-12-5-3-2-4-9(12)14-13(22)7-6-10-15(23)11(8-25-16(10)14)17(24)18(19,20)21/h2-7,23H,8H2,1H3. The number of Topliss-reactive ketones (excluding diaryl/α,β-unsaturated/α-hetero) is 1. The lowest BCUT2D eigenvalue weighted by Crippen LogP contribution is -2.29. The summed E-state index contributed by atoms with van der Waals surface area (Å²) in [6.45, 7) is -0.625. The zero-order valence-electron chi connectivity index (χ0n) is 13.0. The minimum absolute atomic E-state index is 0.0858. The van der Waals surface area contributed by atoms with Crippen LogP contribution in [0.1, 0.15) is 5.56 Å². The van der Waals surface area contributed by atoms with E-state index in [0.717, 1.165) is 16.4 Å². The number of carbonyl (C=O) groups is 1. The molecule has 0 radical (unpaired) electrons. The van der Waals surface area contributed by atoms with Crippen molar-refractivity contribution < 1.29 is 27.8 Å². The van der Waals surface area contributed by atoms with Gasteiger partial charge in [0.15, 0.2) is 0 Å². The molecule has 0 aliphatic carbocycles. The van der Waals surface area contributed by atoms with Crippen molar-refractivity contribution in [3.8, 4) is 5.75 Å². The molecule has 1 aromatic heterocycles. The van der Waals surface area contributed by atoms with Gasteiger partial charge in [-0.2, -0.15) is 13.2 Å². The molecule has 4 nitrogen and oxygen atoms in total. The quantitative estimate of drug-likeness (QED) is 0.720. The van der Waals surface area contributed by atoms with E-state index in [1.807, 2.05) is 35.9 Å². The zero-order chi connectivity index (χ0) is 17.9. The minimum Gasteiger partial charge on any atom is -0.507 e. The lowest BCUT2D eigenvalue weighted by molar-refractivity contribution is -0.167. The van der Waals surface area contributed by atoms with Crippen molar-refractivity contribution in [2.75, 3.05) is 6.61 Å². The predicted molar refractivity (Wildman–Crippen MR) is 86.5 cm³/mol. The van der Waals surface area contributed by atoms with Gasteiger partial charge in [-0.25, -0.2) is 0 Å². The van der Waals surface area contributed by atoms with Gasteiger partial charge in [-0.15, -0.1) is 0 Å². The van der Waals surface area contributed by atoms with Crippen molar-refractivity contribution in [1.29, 1.82) is 0 Å². The summed E-state index contributed by atoms with van der Waals surface area (Å²) in [6.07, 6.45) is -5.06. The molecule has 0 bridgehead atoms. The molecule has 0 amide bonds. The summed E-state index contributed by atoms with van der Waals surface area (Å²) in [6, 6.07) is 10.7. The molecular weight excluding hydrogens is 335 g/mol. The number of ketones is 1. The Morgan fingerprint density at radius 3 is 2.60 bits per heavy atom. The first-order valence-electron chi connectivity index (χ1n) is 7.47. The second-order valence-electron chi connectivity index (χ2n) is 5.86. The fourth-order valence-electron chi connectivity index (χ4n) is 3.28. The number of rotatable bonds is 1. The molecule has 2 heterocycles. The molecule has 0 fully saturated rings. The van der Waals surface area contributed by atoms with Gasteiger partial charge in [0.1, 0.15) is 18.1 Å². The van der Waals surface area contributed by atoms with E-state index in [9.17, 15) is 23.1 Å². The number of halogens is 3. The van der Waals surface area contributed by atoms with Crippen LogP contribution in [0.3, 0.4) is 0 Å². The summed E-state index contributed by atoms with van der Waals surface area (Å²) in [4.78, 5) is 11.5. The van der Waals surface area contributed by atoms with Crippen LogP contribution < -0.4 is 4.74 Å². The summed E-state index contributed by atoms with van der Waals surface area (Å²) in [7, 11) is 1.87. The van der Waals surface area contributed by atoms with Gasteiger partial charge in [0.25, 0.3) is 5.78 Å². The molecule has 3 aromatic rings. The van der Waals surface area contributed by atoms with E-state index in [4.69, 9.17) is 4.74 Å². The number of para-hydroxylation sites is 1. The van der Waals surface area contributed by atoms with Gasteiger partial charge >= 0.3 is 6.18 Å². The van der Waals surface area contributed by atoms with Crippen molar-refractivity contribution in [2.24, 2.45) is 7.05 Å². The van der Waals surface area contributed by atoms with Gasteiger partial charge in [-0.05, 0) is 18.2 Å². The lowest BCUT2D eigenvalue weighted by atomic mass is 9.99. The summed E-state index contributed by atoms with van der Waals surface area (Å²) in [5.41, 5.74) is 1.05. The molecule has 0 saturated carbocycles. The van der Waals surface area contributed by atoms with Crippen LogP contribution in [0.5, 0.6) is 5.75 Å². The van der Waals surface area contributed by atoms with Crippen molar-refractivity contribution in [3.05, 3.63) is 47.5 Å². The molecule has 4 rings (SSSR count). The van der Waals surface area contributed by atoms with E-state index in [0.29, 0.717) is 5.39 Å². The number of aryl methyl sites for hydroxylation is 1. The maximum Gasteiger partial charge on any atom is 0.454 e. The van der Waals surface area contributed by atoms with Crippen LogP contribution in [0, 0.1) is 0 Å². The molecule has 0 spiro atoms. The molecule has 25 heavy (non-hydrogen) atoms. The smallest absolute Gasteiger partial charge is 0.454 e. The van der Waals surface area contributed by atoms with E-state index >= 15 is 0 Å². The van der Waals surface area contributed by atoms with Gasteiger partial charge in [0, 0.05) is 18.0 Å². The van der Waals surface area contributed by atoms with Crippen molar-refractivity contribution in [3.63, 3.8) is 0 Å². The molecular formula is C18H12F3NO3. The van der Waals surface area contributed by atoms with Gasteiger partial charge < -0.3 is 14.4 Å². The first-order valence-corrected chi connectivity index (χ1v) is 7.47. The number of benzene rings is 2. The second-order valence-corrected chi connectivity index (χ2v) is 5.86. The molecule has 0 unspecified atom stereocenters. The van der Waals surface area contributed by atoms with Gasteiger partial charge in [0.05, 0.1) is 22.0 Å². The third-order valence-corrected chi connectivity index (χ3v) is 4.47. The van der Waals surface area contributed by atoms with Crippen molar-refractivity contribution in [1.82, 2.24) is 4.57 Å². The number of hydrogen-bond acceptors (Lipinski definition) is 3. The number of aliphatic hydroxyl groups is 1. The summed E-state index contributed by atoms with van der Waals surface area (Å²) >= 11 is 0. The third-order valence-electron chi connectivity index (χ3n) is 4.47. The third kappa shape index (κ3) is 2.12.